The lowest BCUT2D eigenvalue weighted by Gasteiger charge is -2.32. The molecule has 2 heterocycles. The van der Waals surface area contributed by atoms with Crippen molar-refractivity contribution in [1.29, 1.82) is 0 Å². The number of piperazine rings is 1. The van der Waals surface area contributed by atoms with E-state index >= 15 is 0 Å². The van der Waals surface area contributed by atoms with Gasteiger partial charge in [-0.1, -0.05) is 12.1 Å². The van der Waals surface area contributed by atoms with E-state index in [9.17, 15) is 14.4 Å². The minimum Gasteiger partial charge on any atom is -0.476 e. The number of carboxylic acid groups (broad SMARTS) is 1. The molecule has 1 saturated heterocycles. The maximum absolute atomic E-state index is 11.6. The van der Waals surface area contributed by atoms with Crippen molar-refractivity contribution < 1.29 is 24.0 Å². The van der Waals surface area contributed by atoms with Gasteiger partial charge in [-0.3, -0.25) is 19.8 Å². The van der Waals surface area contributed by atoms with Gasteiger partial charge in [0.1, 0.15) is 0 Å². The number of hydrogen-bond acceptors (Lipinski definition) is 6. The van der Waals surface area contributed by atoms with E-state index in [1.165, 1.54) is 6.07 Å². The van der Waals surface area contributed by atoms with Crippen LogP contribution in [-0.4, -0.2) is 45.5 Å². The van der Waals surface area contributed by atoms with Crippen LogP contribution in [0.4, 0.5) is 0 Å². The summed E-state index contributed by atoms with van der Waals surface area (Å²) in [7, 11) is 0. The fourth-order valence-corrected chi connectivity index (χ4v) is 2.02. The van der Waals surface area contributed by atoms with Crippen LogP contribution in [0.25, 0.3) is 0 Å². The second-order valence-corrected chi connectivity index (χ2v) is 4.23. The monoisotopic (exact) mass is 267 g/mol. The Labute approximate surface area is 108 Å². The van der Waals surface area contributed by atoms with Gasteiger partial charge >= 0.3 is 5.97 Å². The Morgan fingerprint density at radius 2 is 2.37 bits per heavy atom. The van der Waals surface area contributed by atoms with Crippen LogP contribution in [0, 0.1) is 0 Å². The van der Waals surface area contributed by atoms with Gasteiger partial charge in [-0.2, -0.15) is 0 Å². The van der Waals surface area contributed by atoms with Gasteiger partial charge < -0.3 is 9.63 Å². The van der Waals surface area contributed by atoms with Gasteiger partial charge in [-0.25, -0.2) is 4.79 Å². The molecule has 2 amide bonds. The summed E-state index contributed by atoms with van der Waals surface area (Å²) < 4.78 is 4.88. The quantitative estimate of drug-likeness (QED) is 0.714. The molecule has 8 heteroatoms. The highest BCUT2D eigenvalue weighted by Crippen LogP contribution is 2.14. The summed E-state index contributed by atoms with van der Waals surface area (Å²) in [6.07, 6.45) is 0.541. The summed E-state index contributed by atoms with van der Waals surface area (Å²) in [5, 5.41) is 14.4. The predicted molar refractivity (Wildman–Crippen MR) is 61.1 cm³/mol. The number of carboxylic acids is 1. The van der Waals surface area contributed by atoms with E-state index in [0.29, 0.717) is 12.2 Å². The zero-order chi connectivity index (χ0) is 14.0. The minimum absolute atomic E-state index is 0.0628. The van der Waals surface area contributed by atoms with Gasteiger partial charge in [-0.15, -0.1) is 0 Å². The molecule has 1 aliphatic heterocycles. The molecule has 1 atom stereocenters. The highest BCUT2D eigenvalue weighted by molar-refractivity contribution is 6.01. The zero-order valence-electron chi connectivity index (χ0n) is 10.3. The average Bonchev–Trinajstić information content (AvgIpc) is 2.77. The molecule has 0 radical (unpaired) electrons. The predicted octanol–water partition coefficient (Wildman–Crippen LogP) is -0.390. The number of carbonyl (C=O) groups is 3. The van der Waals surface area contributed by atoms with Crippen LogP contribution in [0.2, 0.25) is 0 Å². The maximum Gasteiger partial charge on any atom is 0.358 e. The molecular formula is C11H13N3O5. The van der Waals surface area contributed by atoms with Gasteiger partial charge in [0.05, 0.1) is 19.1 Å². The third kappa shape index (κ3) is 2.79. The van der Waals surface area contributed by atoms with Crippen molar-refractivity contribution in [3.63, 3.8) is 0 Å². The number of nitrogens with zero attached hydrogens (tertiary/aromatic N) is 2. The first-order valence-corrected chi connectivity index (χ1v) is 5.78. The van der Waals surface area contributed by atoms with Crippen molar-refractivity contribution in [3.8, 4) is 0 Å². The molecule has 1 unspecified atom stereocenters. The second-order valence-electron chi connectivity index (χ2n) is 4.23. The van der Waals surface area contributed by atoms with Crippen molar-refractivity contribution in [3.05, 3.63) is 17.5 Å². The number of aromatic carboxylic acids is 1. The molecule has 1 aromatic heterocycles. The van der Waals surface area contributed by atoms with E-state index in [0.717, 1.165) is 0 Å². The topological polar surface area (TPSA) is 113 Å². The van der Waals surface area contributed by atoms with Gasteiger partial charge in [0.2, 0.25) is 11.8 Å². The van der Waals surface area contributed by atoms with Crippen LogP contribution >= 0.6 is 0 Å². The van der Waals surface area contributed by atoms with Crippen molar-refractivity contribution in [2.75, 3.05) is 6.54 Å². The molecule has 1 aromatic rings. The minimum atomic E-state index is -1.19. The Morgan fingerprint density at radius 3 is 2.95 bits per heavy atom. The Bertz CT molecular complexity index is 524. The SMILES string of the molecule is CCC1C(=O)NC(=O)CN1Cc1cc(C(=O)O)no1. The van der Waals surface area contributed by atoms with Crippen molar-refractivity contribution in [1.82, 2.24) is 15.4 Å². The first kappa shape index (κ1) is 13.2. The first-order valence-electron chi connectivity index (χ1n) is 5.78. The third-order valence-corrected chi connectivity index (χ3v) is 2.88. The van der Waals surface area contributed by atoms with Gasteiger partial charge in [0, 0.05) is 6.07 Å². The van der Waals surface area contributed by atoms with E-state index in [1.54, 1.807) is 4.90 Å². The fraction of sp³-hybridized carbons (Fsp3) is 0.455. The number of carbonyl (C=O) groups excluding carboxylic acids is 2. The summed E-state index contributed by atoms with van der Waals surface area (Å²) in [4.78, 5) is 35.3. The molecule has 0 aliphatic carbocycles. The molecule has 2 N–H and O–H groups in total. The van der Waals surface area contributed by atoms with Crippen LogP contribution in [0.5, 0.6) is 0 Å². The molecule has 1 aliphatic rings. The Balaban J connectivity index is 2.12. The highest BCUT2D eigenvalue weighted by atomic mass is 16.5. The van der Waals surface area contributed by atoms with Crippen LogP contribution in [0.15, 0.2) is 10.6 Å². The normalized spacial score (nSPS) is 20.4. The fourth-order valence-electron chi connectivity index (χ4n) is 2.02. The third-order valence-electron chi connectivity index (χ3n) is 2.88. The summed E-state index contributed by atoms with van der Waals surface area (Å²) in [6, 6.07) is 0.850. The van der Waals surface area contributed by atoms with Crippen LogP contribution in [0.1, 0.15) is 29.6 Å². The maximum atomic E-state index is 11.6. The second kappa shape index (κ2) is 5.19. The number of nitrogens with one attached hydrogen (secondary N) is 1. The number of amides is 2. The molecule has 19 heavy (non-hydrogen) atoms. The lowest BCUT2D eigenvalue weighted by Crippen LogP contribution is -2.57. The highest BCUT2D eigenvalue weighted by Gasteiger charge is 2.33. The van der Waals surface area contributed by atoms with E-state index in [2.05, 4.69) is 10.5 Å². The lowest BCUT2D eigenvalue weighted by molar-refractivity contribution is -0.140. The first-order chi connectivity index (χ1) is 9.01. The van der Waals surface area contributed by atoms with Crippen molar-refractivity contribution >= 4 is 17.8 Å². The summed E-state index contributed by atoms with van der Waals surface area (Å²) in [5.74, 6) is -1.61. The van der Waals surface area contributed by atoms with Gasteiger partial charge in [0.15, 0.2) is 11.5 Å². The molecule has 1 fully saturated rings. The summed E-state index contributed by atoms with van der Waals surface area (Å²) in [5.41, 5.74) is -0.198. The van der Waals surface area contributed by atoms with Crippen molar-refractivity contribution in [2.45, 2.75) is 25.9 Å². The summed E-state index contributed by atoms with van der Waals surface area (Å²) >= 11 is 0. The van der Waals surface area contributed by atoms with Gasteiger partial charge in [-0.05, 0) is 6.42 Å². The Hall–Kier alpha value is -2.22. The molecule has 0 spiro atoms. The number of rotatable bonds is 4. The van der Waals surface area contributed by atoms with E-state index in [1.807, 2.05) is 6.92 Å². The van der Waals surface area contributed by atoms with E-state index < -0.39 is 12.0 Å². The number of imide groups is 1. The Kier molecular flexibility index (Phi) is 3.61. The molecule has 0 bridgehead atoms. The largest absolute Gasteiger partial charge is 0.476 e. The smallest absolute Gasteiger partial charge is 0.358 e. The van der Waals surface area contributed by atoms with Crippen LogP contribution in [0.3, 0.4) is 0 Å². The lowest BCUT2D eigenvalue weighted by atomic mass is 10.1. The number of aromatic nitrogens is 1. The molecule has 0 saturated carbocycles. The van der Waals surface area contributed by atoms with Crippen molar-refractivity contribution in [2.24, 2.45) is 0 Å². The van der Waals surface area contributed by atoms with E-state index in [-0.39, 0.29) is 30.6 Å². The van der Waals surface area contributed by atoms with Crippen LogP contribution < -0.4 is 5.32 Å². The molecule has 2 rings (SSSR count). The Morgan fingerprint density at radius 1 is 1.63 bits per heavy atom. The number of hydrogen-bond donors (Lipinski definition) is 2. The molecule has 8 nitrogen and oxygen atoms in total. The average molecular weight is 267 g/mol. The zero-order valence-corrected chi connectivity index (χ0v) is 10.3. The molecular weight excluding hydrogens is 254 g/mol. The van der Waals surface area contributed by atoms with Gasteiger partial charge in [0.25, 0.3) is 0 Å². The summed E-state index contributed by atoms with van der Waals surface area (Å²) in [6.45, 7) is 2.06. The molecule has 102 valence electrons. The van der Waals surface area contributed by atoms with E-state index in [4.69, 9.17) is 9.63 Å². The standard InChI is InChI=1S/C11H13N3O5/c1-2-8-10(16)12-9(15)5-14(8)4-6-3-7(11(17)18)13-19-6/h3,8H,2,4-5H2,1H3,(H,17,18)(H,12,15,16). The molecule has 0 aromatic carbocycles. The van der Waals surface area contributed by atoms with Crippen LogP contribution in [-0.2, 0) is 16.1 Å².